The zero-order valence-electron chi connectivity index (χ0n) is 17.0. The first kappa shape index (κ1) is 20.3. The molecule has 31 heavy (non-hydrogen) atoms. The first-order valence-electron chi connectivity index (χ1n) is 10.2. The summed E-state index contributed by atoms with van der Waals surface area (Å²) in [4.78, 5) is 23.8. The number of nitrogens with one attached hydrogen (secondary N) is 1. The Morgan fingerprint density at radius 1 is 0.935 bits per heavy atom. The molecule has 1 aromatic heterocycles. The highest BCUT2D eigenvalue weighted by molar-refractivity contribution is 5.98. The molecule has 0 fully saturated rings. The van der Waals surface area contributed by atoms with E-state index in [1.54, 1.807) is 6.20 Å². The summed E-state index contributed by atoms with van der Waals surface area (Å²) in [5.74, 6) is -1.00. The number of aromatic nitrogens is 2. The molecule has 0 atom stereocenters. The number of benzene rings is 3. The number of fused-ring (bicyclic) bond motifs is 1. The predicted molar refractivity (Wildman–Crippen MR) is 119 cm³/mol. The van der Waals surface area contributed by atoms with Gasteiger partial charge in [0.1, 0.15) is 0 Å². The first-order valence-corrected chi connectivity index (χ1v) is 10.2. The molecule has 1 amide bonds. The van der Waals surface area contributed by atoms with Crippen LogP contribution in [0.2, 0.25) is 0 Å². The van der Waals surface area contributed by atoms with Crippen LogP contribution in [0.4, 0.5) is 0 Å². The molecule has 0 saturated heterocycles. The van der Waals surface area contributed by atoms with E-state index >= 15 is 0 Å². The molecule has 6 nitrogen and oxygen atoms in total. The van der Waals surface area contributed by atoms with Crippen molar-refractivity contribution < 1.29 is 14.7 Å². The fourth-order valence-electron chi connectivity index (χ4n) is 3.62. The van der Waals surface area contributed by atoms with E-state index in [1.807, 2.05) is 77.6 Å². The van der Waals surface area contributed by atoms with Crippen LogP contribution in [0.1, 0.15) is 33.5 Å². The van der Waals surface area contributed by atoms with Crippen LogP contribution in [0.3, 0.4) is 0 Å². The molecular formula is C25H23N3O3. The van der Waals surface area contributed by atoms with Crippen LogP contribution in [0.15, 0.2) is 79.1 Å². The summed E-state index contributed by atoms with van der Waals surface area (Å²) >= 11 is 0. The van der Waals surface area contributed by atoms with E-state index in [4.69, 9.17) is 5.11 Å². The monoisotopic (exact) mass is 413 g/mol. The summed E-state index contributed by atoms with van der Waals surface area (Å²) in [6.45, 7) is 0.936. The molecule has 0 aliphatic heterocycles. The number of aliphatic carboxylic acids is 1. The van der Waals surface area contributed by atoms with Gasteiger partial charge in [-0.3, -0.25) is 14.3 Å². The van der Waals surface area contributed by atoms with Gasteiger partial charge in [-0.05, 0) is 52.1 Å². The van der Waals surface area contributed by atoms with Gasteiger partial charge in [-0.2, -0.15) is 5.10 Å². The first-order chi connectivity index (χ1) is 15.1. The van der Waals surface area contributed by atoms with Gasteiger partial charge in [0.2, 0.25) is 0 Å². The molecule has 1 heterocycles. The number of carboxylic acid groups (broad SMARTS) is 1. The Bertz CT molecular complexity index is 1220. The minimum atomic E-state index is -0.841. The second-order valence-corrected chi connectivity index (χ2v) is 7.45. The van der Waals surface area contributed by atoms with Crippen LogP contribution in [0, 0.1) is 0 Å². The smallest absolute Gasteiger partial charge is 0.303 e. The Labute approximate surface area is 180 Å². The van der Waals surface area contributed by atoms with Crippen molar-refractivity contribution >= 4 is 22.6 Å². The molecule has 156 valence electrons. The molecule has 0 radical (unpaired) electrons. The largest absolute Gasteiger partial charge is 0.481 e. The van der Waals surface area contributed by atoms with E-state index in [-0.39, 0.29) is 12.3 Å². The summed E-state index contributed by atoms with van der Waals surface area (Å²) in [7, 11) is 0. The summed E-state index contributed by atoms with van der Waals surface area (Å²) < 4.78 is 1.82. The van der Waals surface area contributed by atoms with Gasteiger partial charge in [0, 0.05) is 30.9 Å². The van der Waals surface area contributed by atoms with Gasteiger partial charge in [-0.1, -0.05) is 48.5 Å². The third-order valence-electron chi connectivity index (χ3n) is 5.23. The molecule has 0 bridgehead atoms. The zero-order valence-corrected chi connectivity index (χ0v) is 17.0. The predicted octanol–water partition coefficient (Wildman–Crippen LogP) is 4.03. The number of rotatable bonds is 8. The quantitative estimate of drug-likeness (QED) is 0.457. The van der Waals surface area contributed by atoms with Gasteiger partial charge >= 0.3 is 5.97 Å². The zero-order chi connectivity index (χ0) is 21.6. The molecule has 0 aliphatic rings. The Kier molecular flexibility index (Phi) is 6.08. The third-order valence-corrected chi connectivity index (χ3v) is 5.23. The maximum Gasteiger partial charge on any atom is 0.303 e. The van der Waals surface area contributed by atoms with Crippen LogP contribution in [-0.4, -0.2) is 26.8 Å². The van der Waals surface area contributed by atoms with Crippen LogP contribution in [0.5, 0.6) is 0 Å². The normalized spacial score (nSPS) is 10.8. The van der Waals surface area contributed by atoms with Crippen molar-refractivity contribution in [1.29, 1.82) is 0 Å². The van der Waals surface area contributed by atoms with Crippen molar-refractivity contribution in [3.05, 3.63) is 101 Å². The van der Waals surface area contributed by atoms with Gasteiger partial charge in [-0.25, -0.2) is 0 Å². The van der Waals surface area contributed by atoms with Crippen LogP contribution < -0.4 is 5.32 Å². The average molecular weight is 413 g/mol. The highest BCUT2D eigenvalue weighted by Crippen LogP contribution is 2.18. The summed E-state index contributed by atoms with van der Waals surface area (Å²) in [5, 5.41) is 18.4. The SMILES string of the molecule is O=C(O)CCc1ccc(Cn2cccn2)cc1CNC(=O)c1ccc2ccccc2c1. The fraction of sp³-hybridized carbons (Fsp3) is 0.160. The highest BCUT2D eigenvalue weighted by atomic mass is 16.4. The van der Waals surface area contributed by atoms with Crippen LogP contribution >= 0.6 is 0 Å². The second-order valence-electron chi connectivity index (χ2n) is 7.45. The van der Waals surface area contributed by atoms with Crippen molar-refractivity contribution in [2.75, 3.05) is 0 Å². The van der Waals surface area contributed by atoms with Gasteiger partial charge in [0.05, 0.1) is 6.54 Å². The molecule has 3 aromatic carbocycles. The summed E-state index contributed by atoms with van der Waals surface area (Å²) in [5.41, 5.74) is 3.47. The number of amides is 1. The van der Waals surface area contributed by atoms with Gasteiger partial charge < -0.3 is 10.4 Å². The van der Waals surface area contributed by atoms with E-state index in [0.29, 0.717) is 25.1 Å². The van der Waals surface area contributed by atoms with Crippen LogP contribution in [0.25, 0.3) is 10.8 Å². The standard InChI is InChI=1S/C25H23N3O3/c29-24(30)11-10-20-7-6-18(17-28-13-3-12-27-28)14-23(20)16-26-25(31)22-9-8-19-4-1-2-5-21(19)15-22/h1-9,12-15H,10-11,16-17H2,(H,26,31)(H,29,30). The Morgan fingerprint density at radius 2 is 1.77 bits per heavy atom. The number of carbonyl (C=O) groups excluding carboxylic acids is 1. The van der Waals surface area contributed by atoms with Crippen molar-refractivity contribution in [2.24, 2.45) is 0 Å². The number of carboxylic acids is 1. The highest BCUT2D eigenvalue weighted by Gasteiger charge is 2.11. The molecule has 0 unspecified atom stereocenters. The van der Waals surface area contributed by atoms with E-state index in [9.17, 15) is 9.59 Å². The average Bonchev–Trinajstić information content (AvgIpc) is 3.29. The number of hydrogen-bond donors (Lipinski definition) is 2. The van der Waals surface area contributed by atoms with Crippen molar-refractivity contribution in [1.82, 2.24) is 15.1 Å². The molecule has 0 aliphatic carbocycles. The molecular weight excluding hydrogens is 390 g/mol. The van der Waals surface area contributed by atoms with Crippen LogP contribution in [-0.2, 0) is 24.3 Å². The molecule has 4 aromatic rings. The number of aryl methyl sites for hydroxylation is 1. The topological polar surface area (TPSA) is 84.2 Å². The Balaban J connectivity index is 1.52. The number of hydrogen-bond acceptors (Lipinski definition) is 3. The lowest BCUT2D eigenvalue weighted by atomic mass is 9.99. The van der Waals surface area contributed by atoms with E-state index in [0.717, 1.165) is 27.5 Å². The van der Waals surface area contributed by atoms with Crippen molar-refractivity contribution in [3.63, 3.8) is 0 Å². The van der Waals surface area contributed by atoms with E-state index in [1.165, 1.54) is 0 Å². The summed E-state index contributed by atoms with van der Waals surface area (Å²) in [6, 6.07) is 21.3. The van der Waals surface area contributed by atoms with Gasteiger partial charge in [0.25, 0.3) is 5.91 Å². The van der Waals surface area contributed by atoms with E-state index < -0.39 is 5.97 Å². The lowest BCUT2D eigenvalue weighted by Gasteiger charge is -2.13. The lowest BCUT2D eigenvalue weighted by molar-refractivity contribution is -0.136. The molecule has 4 rings (SSSR count). The maximum absolute atomic E-state index is 12.8. The second kappa shape index (κ2) is 9.26. The van der Waals surface area contributed by atoms with Crippen molar-refractivity contribution in [3.8, 4) is 0 Å². The molecule has 0 saturated carbocycles. The molecule has 2 N–H and O–H groups in total. The van der Waals surface area contributed by atoms with Gasteiger partial charge in [0.15, 0.2) is 0 Å². The molecule has 6 heteroatoms. The Hall–Kier alpha value is -3.93. The third kappa shape index (κ3) is 5.17. The van der Waals surface area contributed by atoms with Crippen molar-refractivity contribution in [2.45, 2.75) is 25.9 Å². The minimum Gasteiger partial charge on any atom is -0.481 e. The fourth-order valence-corrected chi connectivity index (χ4v) is 3.62. The molecule has 0 spiro atoms. The number of carbonyl (C=O) groups is 2. The Morgan fingerprint density at radius 3 is 2.55 bits per heavy atom. The van der Waals surface area contributed by atoms with E-state index in [2.05, 4.69) is 10.4 Å². The number of nitrogens with zero attached hydrogens (tertiary/aromatic N) is 2. The lowest BCUT2D eigenvalue weighted by Crippen LogP contribution is -2.23. The maximum atomic E-state index is 12.8. The minimum absolute atomic E-state index is 0.0458. The summed E-state index contributed by atoms with van der Waals surface area (Å²) in [6.07, 6.45) is 4.08. The van der Waals surface area contributed by atoms with Gasteiger partial charge in [-0.15, -0.1) is 0 Å².